The maximum Gasteiger partial charge on any atom is 0.147 e. The van der Waals surface area contributed by atoms with E-state index in [-0.39, 0.29) is 0 Å². The molecule has 0 spiro atoms. The van der Waals surface area contributed by atoms with E-state index in [0.29, 0.717) is 0 Å². The Kier molecular flexibility index (Phi) is 4.18. The number of hydrogen-bond acceptors (Lipinski definition) is 4. The topological polar surface area (TPSA) is 63.8 Å². The zero-order valence-electron chi connectivity index (χ0n) is 7.95. The van der Waals surface area contributed by atoms with E-state index in [9.17, 15) is 0 Å². The Labute approximate surface area is 78.6 Å². The minimum absolute atomic E-state index is 0.751. The van der Waals surface area contributed by atoms with Gasteiger partial charge in [0.1, 0.15) is 5.82 Å². The molecule has 1 heterocycles. The molecule has 0 saturated carbocycles. The van der Waals surface area contributed by atoms with Crippen molar-refractivity contribution in [2.45, 2.75) is 19.8 Å². The van der Waals surface area contributed by atoms with Crippen LogP contribution in [-0.4, -0.2) is 23.1 Å². The molecular weight excluding hydrogens is 164 g/mol. The summed E-state index contributed by atoms with van der Waals surface area (Å²) in [6.45, 7) is 3.61. The molecule has 0 aliphatic carbocycles. The molecule has 0 unspecified atom stereocenters. The van der Waals surface area contributed by atoms with Gasteiger partial charge in [-0.05, 0) is 26.3 Å². The van der Waals surface area contributed by atoms with Crippen LogP contribution in [0.5, 0.6) is 0 Å². The summed E-state index contributed by atoms with van der Waals surface area (Å²) >= 11 is 0. The third-order valence-electron chi connectivity index (χ3n) is 1.80. The van der Waals surface area contributed by atoms with Gasteiger partial charge in [-0.3, -0.25) is 4.98 Å². The number of hydrogen-bond donors (Lipinski definition) is 2. The molecule has 0 bridgehead atoms. The van der Waals surface area contributed by atoms with Crippen molar-refractivity contribution in [2.24, 2.45) is 5.73 Å². The summed E-state index contributed by atoms with van der Waals surface area (Å²) in [6.07, 6.45) is 5.51. The van der Waals surface area contributed by atoms with Crippen molar-refractivity contribution in [3.05, 3.63) is 18.1 Å². The van der Waals surface area contributed by atoms with Gasteiger partial charge in [-0.25, -0.2) is 4.98 Å². The first-order valence-corrected chi connectivity index (χ1v) is 4.56. The van der Waals surface area contributed by atoms with E-state index in [4.69, 9.17) is 5.73 Å². The van der Waals surface area contributed by atoms with Gasteiger partial charge in [-0.15, -0.1) is 0 Å². The van der Waals surface area contributed by atoms with E-state index in [1.807, 2.05) is 6.92 Å². The van der Waals surface area contributed by atoms with Gasteiger partial charge in [0.05, 0.1) is 5.69 Å². The van der Waals surface area contributed by atoms with Gasteiger partial charge in [0.2, 0.25) is 0 Å². The molecule has 0 aliphatic heterocycles. The molecule has 0 amide bonds. The Morgan fingerprint density at radius 1 is 1.31 bits per heavy atom. The monoisotopic (exact) mass is 180 g/mol. The second-order valence-corrected chi connectivity index (χ2v) is 2.91. The quantitative estimate of drug-likeness (QED) is 0.662. The van der Waals surface area contributed by atoms with Crippen LogP contribution in [0, 0.1) is 6.92 Å². The summed E-state index contributed by atoms with van der Waals surface area (Å²) in [5.41, 5.74) is 6.32. The first kappa shape index (κ1) is 9.92. The van der Waals surface area contributed by atoms with Crippen LogP contribution in [0.15, 0.2) is 12.4 Å². The van der Waals surface area contributed by atoms with Crippen LogP contribution < -0.4 is 11.1 Å². The van der Waals surface area contributed by atoms with Crippen molar-refractivity contribution >= 4 is 5.82 Å². The first-order chi connectivity index (χ1) is 6.34. The summed E-state index contributed by atoms with van der Waals surface area (Å²) in [4.78, 5) is 8.30. The van der Waals surface area contributed by atoms with Gasteiger partial charge in [-0.2, -0.15) is 0 Å². The zero-order chi connectivity index (χ0) is 9.52. The highest BCUT2D eigenvalue weighted by Crippen LogP contribution is 2.05. The molecule has 1 aromatic rings. The van der Waals surface area contributed by atoms with Crippen LogP contribution >= 0.6 is 0 Å². The second kappa shape index (κ2) is 5.48. The lowest BCUT2D eigenvalue weighted by Crippen LogP contribution is -2.08. The summed E-state index contributed by atoms with van der Waals surface area (Å²) in [7, 11) is 0. The average molecular weight is 180 g/mol. The van der Waals surface area contributed by atoms with E-state index in [2.05, 4.69) is 15.3 Å². The van der Waals surface area contributed by atoms with Gasteiger partial charge < -0.3 is 11.1 Å². The van der Waals surface area contributed by atoms with Crippen LogP contribution in [0.1, 0.15) is 18.5 Å². The van der Waals surface area contributed by atoms with E-state index < -0.39 is 0 Å². The molecule has 72 valence electrons. The fourth-order valence-electron chi connectivity index (χ4n) is 1.06. The molecule has 0 saturated heterocycles. The summed E-state index contributed by atoms with van der Waals surface area (Å²) in [5.74, 6) is 0.875. The van der Waals surface area contributed by atoms with E-state index in [1.54, 1.807) is 12.4 Å². The van der Waals surface area contributed by atoms with Gasteiger partial charge in [-0.1, -0.05) is 0 Å². The Morgan fingerprint density at radius 2 is 2.08 bits per heavy atom. The molecule has 13 heavy (non-hydrogen) atoms. The van der Waals surface area contributed by atoms with Crippen LogP contribution in [-0.2, 0) is 0 Å². The molecule has 3 N–H and O–H groups in total. The van der Waals surface area contributed by atoms with Crippen LogP contribution in [0.4, 0.5) is 5.82 Å². The summed E-state index contributed by atoms with van der Waals surface area (Å²) in [6, 6.07) is 0. The maximum atomic E-state index is 5.38. The Balaban J connectivity index is 2.32. The lowest BCUT2D eigenvalue weighted by Gasteiger charge is -2.05. The molecule has 0 atom stereocenters. The highest BCUT2D eigenvalue weighted by molar-refractivity contribution is 5.37. The minimum Gasteiger partial charge on any atom is -0.369 e. The first-order valence-electron chi connectivity index (χ1n) is 4.56. The predicted octanol–water partition coefficient (Wildman–Crippen LogP) is 0.936. The number of unbranched alkanes of at least 4 members (excludes halogenated alkanes) is 1. The highest BCUT2D eigenvalue weighted by Gasteiger charge is 1.96. The number of aromatic nitrogens is 2. The SMILES string of the molecule is Cc1nccnc1NCCCCN. The second-order valence-electron chi connectivity index (χ2n) is 2.91. The molecular formula is C9H16N4. The smallest absolute Gasteiger partial charge is 0.147 e. The molecule has 1 rings (SSSR count). The molecule has 4 heteroatoms. The van der Waals surface area contributed by atoms with Crippen molar-refractivity contribution in [1.82, 2.24) is 9.97 Å². The maximum absolute atomic E-state index is 5.38. The number of nitrogens with one attached hydrogen (secondary N) is 1. The lowest BCUT2D eigenvalue weighted by molar-refractivity contribution is 0.771. The van der Waals surface area contributed by atoms with E-state index >= 15 is 0 Å². The van der Waals surface area contributed by atoms with Gasteiger partial charge in [0.25, 0.3) is 0 Å². The third-order valence-corrected chi connectivity index (χ3v) is 1.80. The Hall–Kier alpha value is -1.16. The molecule has 4 nitrogen and oxygen atoms in total. The van der Waals surface area contributed by atoms with Crippen molar-refractivity contribution in [3.63, 3.8) is 0 Å². The Morgan fingerprint density at radius 3 is 2.77 bits per heavy atom. The number of anilines is 1. The van der Waals surface area contributed by atoms with Gasteiger partial charge in [0, 0.05) is 18.9 Å². The number of nitrogens with zero attached hydrogens (tertiary/aromatic N) is 2. The summed E-state index contributed by atoms with van der Waals surface area (Å²) < 4.78 is 0. The molecule has 0 radical (unpaired) electrons. The molecule has 0 fully saturated rings. The number of nitrogens with two attached hydrogens (primary N) is 1. The minimum atomic E-state index is 0.751. The zero-order valence-corrected chi connectivity index (χ0v) is 7.95. The summed E-state index contributed by atoms with van der Waals surface area (Å²) in [5, 5.41) is 3.22. The fourth-order valence-corrected chi connectivity index (χ4v) is 1.06. The highest BCUT2D eigenvalue weighted by atomic mass is 15.0. The fraction of sp³-hybridized carbons (Fsp3) is 0.556. The van der Waals surface area contributed by atoms with Crippen LogP contribution in [0.2, 0.25) is 0 Å². The third kappa shape index (κ3) is 3.38. The van der Waals surface area contributed by atoms with Gasteiger partial charge in [0.15, 0.2) is 0 Å². The predicted molar refractivity (Wildman–Crippen MR) is 53.5 cm³/mol. The van der Waals surface area contributed by atoms with Crippen LogP contribution in [0.3, 0.4) is 0 Å². The van der Waals surface area contributed by atoms with Gasteiger partial charge >= 0.3 is 0 Å². The van der Waals surface area contributed by atoms with Crippen molar-refractivity contribution < 1.29 is 0 Å². The normalized spacial score (nSPS) is 10.0. The standard InChI is InChI=1S/C9H16N4/c1-8-9(13-7-6-11-8)12-5-3-2-4-10/h6-7H,2-5,10H2,1H3,(H,12,13). The lowest BCUT2D eigenvalue weighted by atomic mass is 10.3. The van der Waals surface area contributed by atoms with Crippen LogP contribution in [0.25, 0.3) is 0 Å². The number of aryl methyl sites for hydroxylation is 1. The number of rotatable bonds is 5. The molecule has 0 aliphatic rings. The van der Waals surface area contributed by atoms with Crippen molar-refractivity contribution in [2.75, 3.05) is 18.4 Å². The molecule has 0 aromatic carbocycles. The van der Waals surface area contributed by atoms with Crippen molar-refractivity contribution in [3.8, 4) is 0 Å². The van der Waals surface area contributed by atoms with Crippen molar-refractivity contribution in [1.29, 1.82) is 0 Å². The van der Waals surface area contributed by atoms with E-state index in [1.165, 1.54) is 0 Å². The Bertz CT molecular complexity index is 249. The largest absolute Gasteiger partial charge is 0.369 e. The van der Waals surface area contributed by atoms with E-state index in [0.717, 1.165) is 37.4 Å². The average Bonchev–Trinajstić information content (AvgIpc) is 2.15. The molecule has 1 aromatic heterocycles.